The van der Waals surface area contributed by atoms with Gasteiger partial charge in [0.05, 0.1) is 6.61 Å². The summed E-state index contributed by atoms with van der Waals surface area (Å²) in [5, 5.41) is 0. The molecule has 0 amide bonds. The van der Waals surface area contributed by atoms with Gasteiger partial charge >= 0.3 is 6.11 Å². The second kappa shape index (κ2) is 8.58. The topological polar surface area (TPSA) is 9.23 Å². The van der Waals surface area contributed by atoms with E-state index in [1.807, 2.05) is 31.2 Å². The third-order valence-corrected chi connectivity index (χ3v) is 4.76. The molecule has 1 fully saturated rings. The molecule has 128 valence electrons. The van der Waals surface area contributed by atoms with Crippen molar-refractivity contribution in [3.8, 4) is 0 Å². The molecule has 0 bridgehead atoms. The lowest BCUT2D eigenvalue weighted by atomic mass is 9.80. The van der Waals surface area contributed by atoms with Gasteiger partial charge in [0, 0.05) is 6.42 Å². The molecule has 0 radical (unpaired) electrons. The Morgan fingerprint density at radius 1 is 1.09 bits per heavy atom. The number of rotatable bonds is 7. The van der Waals surface area contributed by atoms with Crippen LogP contribution < -0.4 is 0 Å². The molecule has 1 aliphatic rings. The van der Waals surface area contributed by atoms with Crippen LogP contribution in [-0.4, -0.2) is 6.11 Å². The summed E-state index contributed by atoms with van der Waals surface area (Å²) in [6.45, 7) is 4.07. The molecule has 23 heavy (non-hydrogen) atoms. The lowest BCUT2D eigenvalue weighted by molar-refractivity contribution is -0.256. The van der Waals surface area contributed by atoms with Crippen molar-refractivity contribution >= 4 is 0 Å². The summed E-state index contributed by atoms with van der Waals surface area (Å²) in [5.74, 6) is 0.650. The van der Waals surface area contributed by atoms with E-state index in [1.54, 1.807) is 0 Å². The summed E-state index contributed by atoms with van der Waals surface area (Å²) in [5.41, 5.74) is 2.01. The Hall–Kier alpha value is -1.22. The molecule has 1 aromatic rings. The second-order valence-corrected chi connectivity index (χ2v) is 6.61. The van der Waals surface area contributed by atoms with Crippen molar-refractivity contribution in [2.24, 2.45) is 11.8 Å². The van der Waals surface area contributed by atoms with Gasteiger partial charge in [-0.2, -0.15) is 8.78 Å². The average Bonchev–Trinajstić information content (AvgIpc) is 2.55. The second-order valence-electron chi connectivity index (χ2n) is 6.61. The smallest absolute Gasteiger partial charge is 0.316 e. The maximum Gasteiger partial charge on any atom is 0.356 e. The molecule has 0 spiro atoms. The van der Waals surface area contributed by atoms with Gasteiger partial charge in [-0.15, -0.1) is 0 Å². The predicted octanol–water partition coefficient (Wildman–Crippen LogP) is 6.13. The highest BCUT2D eigenvalue weighted by Gasteiger charge is 2.35. The average molecular weight is 322 g/mol. The van der Waals surface area contributed by atoms with E-state index in [2.05, 4.69) is 19.1 Å². The van der Waals surface area contributed by atoms with Gasteiger partial charge in [-0.3, -0.25) is 0 Å². The van der Waals surface area contributed by atoms with Crippen LogP contribution in [0.5, 0.6) is 0 Å². The molecule has 1 aromatic carbocycles. The SMILES string of the molecule is C/C=C/[C@H]1CC[C@H](CC(F)(F)OCc2ccc(CC)cc2)CC1. The summed E-state index contributed by atoms with van der Waals surface area (Å²) < 4.78 is 33.0. The quantitative estimate of drug-likeness (QED) is 0.549. The minimum Gasteiger partial charge on any atom is -0.316 e. The summed E-state index contributed by atoms with van der Waals surface area (Å²) in [6.07, 6.45) is 5.82. The Morgan fingerprint density at radius 2 is 1.70 bits per heavy atom. The number of hydrogen-bond acceptors (Lipinski definition) is 1. The lowest BCUT2D eigenvalue weighted by Gasteiger charge is -2.29. The van der Waals surface area contributed by atoms with Gasteiger partial charge in [-0.1, -0.05) is 43.3 Å². The first-order chi connectivity index (χ1) is 11.0. The van der Waals surface area contributed by atoms with Gasteiger partial charge in [-0.25, -0.2) is 0 Å². The van der Waals surface area contributed by atoms with E-state index in [1.165, 1.54) is 5.56 Å². The molecule has 0 saturated heterocycles. The number of benzene rings is 1. The fraction of sp³-hybridized carbons (Fsp3) is 0.600. The first-order valence-electron chi connectivity index (χ1n) is 8.75. The van der Waals surface area contributed by atoms with Crippen molar-refractivity contribution in [1.29, 1.82) is 0 Å². The number of hydrogen-bond donors (Lipinski definition) is 0. The van der Waals surface area contributed by atoms with Crippen molar-refractivity contribution in [2.45, 2.75) is 65.1 Å². The molecular weight excluding hydrogens is 294 g/mol. The van der Waals surface area contributed by atoms with Crippen LogP contribution in [0.15, 0.2) is 36.4 Å². The van der Waals surface area contributed by atoms with Crippen molar-refractivity contribution < 1.29 is 13.5 Å². The Labute approximate surface area is 138 Å². The first-order valence-corrected chi connectivity index (χ1v) is 8.75. The van der Waals surface area contributed by atoms with Crippen LogP contribution in [0.4, 0.5) is 8.78 Å². The third-order valence-electron chi connectivity index (χ3n) is 4.76. The minimum absolute atomic E-state index is 0.0229. The van der Waals surface area contributed by atoms with E-state index >= 15 is 0 Å². The van der Waals surface area contributed by atoms with Crippen LogP contribution >= 0.6 is 0 Å². The van der Waals surface area contributed by atoms with Gasteiger partial charge in [0.1, 0.15) is 0 Å². The van der Waals surface area contributed by atoms with Gasteiger partial charge in [0.15, 0.2) is 0 Å². The van der Waals surface area contributed by atoms with Crippen LogP contribution in [0.3, 0.4) is 0 Å². The van der Waals surface area contributed by atoms with E-state index in [0.717, 1.165) is 37.7 Å². The van der Waals surface area contributed by atoms with Gasteiger partial charge in [-0.05, 0) is 62.0 Å². The van der Waals surface area contributed by atoms with Crippen LogP contribution in [-0.2, 0) is 17.8 Å². The normalized spacial score (nSPS) is 22.6. The van der Waals surface area contributed by atoms with Crippen molar-refractivity contribution in [3.05, 3.63) is 47.5 Å². The van der Waals surface area contributed by atoms with Crippen LogP contribution in [0.2, 0.25) is 0 Å². The molecule has 1 nitrogen and oxygen atoms in total. The number of allylic oxidation sites excluding steroid dienone is 2. The highest BCUT2D eigenvalue weighted by Crippen LogP contribution is 2.37. The fourth-order valence-corrected chi connectivity index (χ4v) is 3.31. The Morgan fingerprint density at radius 3 is 2.26 bits per heavy atom. The van der Waals surface area contributed by atoms with E-state index in [9.17, 15) is 8.78 Å². The van der Waals surface area contributed by atoms with Crippen LogP contribution in [0.25, 0.3) is 0 Å². The standard InChI is InChI=1S/C20H28F2O/c1-3-5-17-8-10-18(11-9-17)14-20(21,22)23-15-19-12-6-16(4-2)7-13-19/h3,5-7,12-13,17-18H,4,8-11,14-15H2,1-2H3/b5-3+/t17-,18-. The van der Waals surface area contributed by atoms with Crippen molar-refractivity contribution in [2.75, 3.05) is 0 Å². The van der Waals surface area contributed by atoms with E-state index in [4.69, 9.17) is 4.74 Å². The molecule has 0 unspecified atom stereocenters. The number of alkyl halides is 2. The highest BCUT2D eigenvalue weighted by atomic mass is 19.3. The molecular formula is C20H28F2O. The zero-order valence-electron chi connectivity index (χ0n) is 14.2. The lowest BCUT2D eigenvalue weighted by Crippen LogP contribution is -2.26. The molecule has 2 rings (SSSR count). The van der Waals surface area contributed by atoms with E-state index < -0.39 is 6.11 Å². The molecule has 0 aromatic heterocycles. The summed E-state index contributed by atoms with van der Waals surface area (Å²) in [4.78, 5) is 0. The summed E-state index contributed by atoms with van der Waals surface area (Å²) in [6, 6.07) is 7.69. The molecule has 0 aliphatic heterocycles. The number of aryl methyl sites for hydroxylation is 1. The summed E-state index contributed by atoms with van der Waals surface area (Å²) >= 11 is 0. The van der Waals surface area contributed by atoms with Crippen molar-refractivity contribution in [3.63, 3.8) is 0 Å². The van der Waals surface area contributed by atoms with Crippen LogP contribution in [0.1, 0.15) is 57.1 Å². The number of ether oxygens (including phenoxy) is 1. The Bertz CT molecular complexity index is 485. The molecule has 1 aliphatic carbocycles. The minimum atomic E-state index is -3.03. The highest BCUT2D eigenvalue weighted by molar-refractivity contribution is 5.21. The Balaban J connectivity index is 1.77. The zero-order valence-corrected chi connectivity index (χ0v) is 14.2. The largest absolute Gasteiger partial charge is 0.356 e. The molecule has 0 atom stereocenters. The number of halogens is 2. The van der Waals surface area contributed by atoms with E-state index in [0.29, 0.717) is 5.92 Å². The third kappa shape index (κ3) is 6.06. The molecule has 3 heteroatoms. The fourth-order valence-electron chi connectivity index (χ4n) is 3.31. The van der Waals surface area contributed by atoms with E-state index in [-0.39, 0.29) is 18.9 Å². The molecule has 0 N–H and O–H groups in total. The molecule has 0 heterocycles. The Kier molecular flexibility index (Phi) is 6.76. The predicted molar refractivity (Wildman–Crippen MR) is 90.4 cm³/mol. The maximum absolute atomic E-state index is 14.0. The van der Waals surface area contributed by atoms with Crippen LogP contribution in [0, 0.1) is 11.8 Å². The summed E-state index contributed by atoms with van der Waals surface area (Å²) in [7, 11) is 0. The van der Waals surface area contributed by atoms with Gasteiger partial charge in [0.2, 0.25) is 0 Å². The maximum atomic E-state index is 14.0. The zero-order chi connectivity index (χ0) is 16.7. The first kappa shape index (κ1) is 18.1. The van der Waals surface area contributed by atoms with Gasteiger partial charge in [0.25, 0.3) is 0 Å². The van der Waals surface area contributed by atoms with Crippen molar-refractivity contribution in [1.82, 2.24) is 0 Å². The van der Waals surface area contributed by atoms with Gasteiger partial charge < -0.3 is 4.74 Å². The monoisotopic (exact) mass is 322 g/mol. The molecule has 1 saturated carbocycles.